The Morgan fingerprint density at radius 1 is 1.27 bits per heavy atom. The van der Waals surface area contributed by atoms with Crippen molar-refractivity contribution in [2.75, 3.05) is 0 Å². The van der Waals surface area contributed by atoms with Gasteiger partial charge < -0.3 is 5.11 Å². The van der Waals surface area contributed by atoms with Crippen LogP contribution in [0.4, 0.5) is 18.9 Å². The number of benzene rings is 1. The number of nitro benzene ring substituents is 1. The normalized spacial score (nSPS) is 11.2. The van der Waals surface area contributed by atoms with Crippen molar-refractivity contribution in [3.05, 3.63) is 57.9 Å². The quantitative estimate of drug-likeness (QED) is 0.692. The van der Waals surface area contributed by atoms with Crippen molar-refractivity contribution in [3.8, 4) is 11.1 Å². The first-order chi connectivity index (χ1) is 10.2. The molecule has 0 fully saturated rings. The van der Waals surface area contributed by atoms with Gasteiger partial charge in [0.1, 0.15) is 0 Å². The maximum Gasteiger partial charge on any atom is 0.433 e. The second-order valence-electron chi connectivity index (χ2n) is 4.23. The van der Waals surface area contributed by atoms with E-state index < -0.39 is 39.6 Å². The van der Waals surface area contributed by atoms with E-state index in [9.17, 15) is 28.1 Å². The molecule has 0 bridgehead atoms. The van der Waals surface area contributed by atoms with Crippen LogP contribution in [-0.4, -0.2) is 21.0 Å². The number of carboxylic acid groups (broad SMARTS) is 1. The molecule has 0 spiro atoms. The van der Waals surface area contributed by atoms with E-state index in [0.717, 1.165) is 18.2 Å². The molecule has 0 aliphatic heterocycles. The predicted octanol–water partition coefficient (Wildman–Crippen LogP) is 3.37. The Labute approximate surface area is 121 Å². The van der Waals surface area contributed by atoms with Gasteiger partial charge in [-0.05, 0) is 11.6 Å². The van der Waals surface area contributed by atoms with Crippen LogP contribution in [0.5, 0.6) is 0 Å². The van der Waals surface area contributed by atoms with Gasteiger partial charge in [0, 0.05) is 23.9 Å². The van der Waals surface area contributed by atoms with Gasteiger partial charge in [0.25, 0.3) is 5.69 Å². The molecule has 9 heteroatoms. The molecule has 0 saturated heterocycles. The second kappa shape index (κ2) is 5.43. The minimum Gasteiger partial charge on any atom is -0.478 e. The second-order valence-corrected chi connectivity index (χ2v) is 4.23. The Morgan fingerprint density at radius 2 is 1.95 bits per heavy atom. The fourth-order valence-corrected chi connectivity index (χ4v) is 1.81. The summed E-state index contributed by atoms with van der Waals surface area (Å²) in [5.41, 5.74) is -2.84. The largest absolute Gasteiger partial charge is 0.478 e. The lowest BCUT2D eigenvalue weighted by molar-refractivity contribution is -0.384. The molecule has 1 heterocycles. The molecule has 2 rings (SSSR count). The Balaban J connectivity index is 2.71. The third kappa shape index (κ3) is 3.03. The van der Waals surface area contributed by atoms with Crippen LogP contribution in [0.1, 0.15) is 16.1 Å². The fraction of sp³-hybridized carbons (Fsp3) is 0.0769. The number of carbonyl (C=O) groups is 1. The highest BCUT2D eigenvalue weighted by atomic mass is 19.4. The van der Waals surface area contributed by atoms with Crippen LogP contribution in [0.2, 0.25) is 0 Å². The van der Waals surface area contributed by atoms with Crippen LogP contribution in [0, 0.1) is 10.1 Å². The van der Waals surface area contributed by atoms with E-state index in [2.05, 4.69) is 4.98 Å². The molecular weight excluding hydrogens is 305 g/mol. The van der Waals surface area contributed by atoms with Crippen molar-refractivity contribution >= 4 is 11.7 Å². The molecule has 1 aromatic carbocycles. The van der Waals surface area contributed by atoms with Crippen molar-refractivity contribution in [2.45, 2.75) is 6.18 Å². The summed E-state index contributed by atoms with van der Waals surface area (Å²) in [5.74, 6) is -1.45. The van der Waals surface area contributed by atoms with Gasteiger partial charge in [0.2, 0.25) is 0 Å². The maximum absolute atomic E-state index is 13.0. The summed E-state index contributed by atoms with van der Waals surface area (Å²) < 4.78 is 38.9. The van der Waals surface area contributed by atoms with Crippen LogP contribution in [-0.2, 0) is 6.18 Å². The number of halogens is 3. The summed E-state index contributed by atoms with van der Waals surface area (Å²) in [6, 6.07) is 5.26. The minimum absolute atomic E-state index is 0.142. The molecule has 0 aliphatic rings. The number of hydrogen-bond acceptors (Lipinski definition) is 4. The molecule has 22 heavy (non-hydrogen) atoms. The summed E-state index contributed by atoms with van der Waals surface area (Å²) in [6.07, 6.45) is -4.23. The summed E-state index contributed by atoms with van der Waals surface area (Å²) in [5, 5.41) is 19.6. The van der Waals surface area contributed by atoms with E-state index in [1.165, 1.54) is 12.1 Å². The highest BCUT2D eigenvalue weighted by Crippen LogP contribution is 2.36. The third-order valence-electron chi connectivity index (χ3n) is 2.77. The monoisotopic (exact) mass is 312 g/mol. The van der Waals surface area contributed by atoms with Crippen molar-refractivity contribution in [3.63, 3.8) is 0 Å². The zero-order valence-electron chi connectivity index (χ0n) is 10.7. The number of non-ortho nitro benzene ring substituents is 1. The Bertz CT molecular complexity index is 759. The smallest absolute Gasteiger partial charge is 0.433 e. The van der Waals surface area contributed by atoms with Gasteiger partial charge in [0.15, 0.2) is 5.69 Å². The van der Waals surface area contributed by atoms with Gasteiger partial charge in [-0.25, -0.2) is 4.79 Å². The summed E-state index contributed by atoms with van der Waals surface area (Å²) in [7, 11) is 0. The lowest BCUT2D eigenvalue weighted by atomic mass is 10.0. The molecule has 2 aromatic rings. The zero-order chi connectivity index (χ0) is 16.5. The van der Waals surface area contributed by atoms with Crippen molar-refractivity contribution in [2.24, 2.45) is 0 Å². The first kappa shape index (κ1) is 15.4. The third-order valence-corrected chi connectivity index (χ3v) is 2.77. The fourth-order valence-electron chi connectivity index (χ4n) is 1.81. The molecule has 0 unspecified atom stereocenters. The van der Waals surface area contributed by atoms with E-state index in [-0.39, 0.29) is 5.56 Å². The number of aromatic nitrogens is 1. The number of aromatic carboxylic acids is 1. The lowest BCUT2D eigenvalue weighted by Crippen LogP contribution is -2.12. The number of rotatable bonds is 3. The molecule has 1 N–H and O–H groups in total. The van der Waals surface area contributed by atoms with Gasteiger partial charge in [-0.1, -0.05) is 12.1 Å². The van der Waals surface area contributed by atoms with Gasteiger partial charge in [-0.2, -0.15) is 13.2 Å². The number of pyridine rings is 1. The molecule has 1 aromatic heterocycles. The Kier molecular flexibility index (Phi) is 3.81. The molecule has 0 saturated carbocycles. The Hall–Kier alpha value is -2.97. The first-order valence-electron chi connectivity index (χ1n) is 5.75. The molecule has 0 amide bonds. The highest BCUT2D eigenvalue weighted by Gasteiger charge is 2.36. The summed E-state index contributed by atoms with van der Waals surface area (Å²) in [4.78, 5) is 24.0. The van der Waals surface area contributed by atoms with Crippen LogP contribution >= 0.6 is 0 Å². The maximum atomic E-state index is 13.0. The van der Waals surface area contributed by atoms with Crippen LogP contribution in [0.15, 0.2) is 36.5 Å². The average Bonchev–Trinajstić information content (AvgIpc) is 2.45. The van der Waals surface area contributed by atoms with E-state index in [1.807, 2.05) is 0 Å². The number of carboxylic acids is 1. The lowest BCUT2D eigenvalue weighted by Gasteiger charge is -2.12. The van der Waals surface area contributed by atoms with E-state index in [0.29, 0.717) is 6.20 Å². The van der Waals surface area contributed by atoms with E-state index in [1.54, 1.807) is 0 Å². The number of hydrogen-bond donors (Lipinski definition) is 1. The first-order valence-corrected chi connectivity index (χ1v) is 5.75. The molecule has 0 atom stereocenters. The van der Waals surface area contributed by atoms with Gasteiger partial charge >= 0.3 is 12.1 Å². The summed E-state index contributed by atoms with van der Waals surface area (Å²) in [6.45, 7) is 0. The van der Waals surface area contributed by atoms with E-state index in [4.69, 9.17) is 5.11 Å². The molecule has 0 aliphatic carbocycles. The van der Waals surface area contributed by atoms with Crippen LogP contribution in [0.3, 0.4) is 0 Å². The topological polar surface area (TPSA) is 93.3 Å². The minimum atomic E-state index is -4.82. The molecule has 6 nitrogen and oxygen atoms in total. The van der Waals surface area contributed by atoms with Crippen molar-refractivity contribution in [1.29, 1.82) is 0 Å². The molecular formula is C13H7F3N2O4. The number of nitro groups is 1. The highest BCUT2D eigenvalue weighted by molar-refractivity contribution is 5.89. The molecule has 0 radical (unpaired) electrons. The Morgan fingerprint density at radius 3 is 2.50 bits per heavy atom. The van der Waals surface area contributed by atoms with Gasteiger partial charge in [-0.3, -0.25) is 15.1 Å². The predicted molar refractivity (Wildman–Crippen MR) is 68.3 cm³/mol. The van der Waals surface area contributed by atoms with Crippen LogP contribution < -0.4 is 0 Å². The standard InChI is InChI=1S/C13H7F3N2O4/c14-13(15,16)11-10(5-8(6-17-11)12(19)20)7-2-1-3-9(4-7)18(21)22/h1-6H,(H,19,20). The van der Waals surface area contributed by atoms with Crippen LogP contribution in [0.25, 0.3) is 11.1 Å². The summed E-state index contributed by atoms with van der Waals surface area (Å²) >= 11 is 0. The van der Waals surface area contributed by atoms with E-state index >= 15 is 0 Å². The number of alkyl halides is 3. The average molecular weight is 312 g/mol. The SMILES string of the molecule is O=C(O)c1cnc(C(F)(F)F)c(-c2cccc([N+](=O)[O-])c2)c1. The zero-order valence-corrected chi connectivity index (χ0v) is 10.7. The van der Waals surface area contributed by atoms with Crippen molar-refractivity contribution < 1.29 is 28.0 Å². The van der Waals surface area contributed by atoms with Crippen molar-refractivity contribution in [1.82, 2.24) is 4.98 Å². The number of nitrogens with zero attached hydrogens (tertiary/aromatic N) is 2. The van der Waals surface area contributed by atoms with Gasteiger partial charge in [-0.15, -0.1) is 0 Å². The van der Waals surface area contributed by atoms with Gasteiger partial charge in [0.05, 0.1) is 10.5 Å². The molecule has 114 valence electrons.